The van der Waals surface area contributed by atoms with Crippen molar-refractivity contribution >= 4 is 35.2 Å². The monoisotopic (exact) mass is 345 g/mol. The summed E-state index contributed by atoms with van der Waals surface area (Å²) >= 11 is 2.16. The van der Waals surface area contributed by atoms with E-state index in [9.17, 15) is 10.0 Å². The van der Waals surface area contributed by atoms with Gasteiger partial charge in [0, 0.05) is 8.48 Å². The summed E-state index contributed by atoms with van der Waals surface area (Å²) in [5.74, 6) is 0. The van der Waals surface area contributed by atoms with Gasteiger partial charge in [0.1, 0.15) is 0 Å². The molecule has 0 radical (unpaired) electrons. The van der Waals surface area contributed by atoms with Crippen molar-refractivity contribution < 1.29 is 10.0 Å². The Kier molecular flexibility index (Phi) is 4.82. The fraction of sp³-hybridized carbons (Fsp3) is 0.400. The zero-order valence-electron chi connectivity index (χ0n) is 9.90. The first-order chi connectivity index (χ1) is 7.91. The molecule has 5 nitrogen and oxygen atoms in total. The number of nitrogens with zero attached hydrogens (tertiary/aromatic N) is 3. The predicted molar refractivity (Wildman–Crippen MR) is 76.0 cm³/mol. The molecule has 0 aliphatic carbocycles. The maximum atomic E-state index is 9.40. The van der Waals surface area contributed by atoms with Crippen molar-refractivity contribution in [3.63, 3.8) is 0 Å². The van der Waals surface area contributed by atoms with Gasteiger partial charge in [-0.05, 0) is 76.6 Å². The number of rotatable bonds is 3. The van der Waals surface area contributed by atoms with Crippen molar-refractivity contribution in [1.29, 1.82) is 0 Å². The minimum atomic E-state index is -1.51. The lowest BCUT2D eigenvalue weighted by atomic mass is 9.72. The van der Waals surface area contributed by atoms with E-state index in [1.807, 2.05) is 20.8 Å². The predicted octanol–water partition coefficient (Wildman–Crippen LogP) is 1.71. The molecule has 0 amide bonds. The van der Waals surface area contributed by atoms with Crippen molar-refractivity contribution in [2.24, 2.45) is 5.11 Å². The molecule has 0 unspecified atom stereocenters. The third-order valence-electron chi connectivity index (χ3n) is 2.92. The Hall–Kier alpha value is -0.755. The van der Waals surface area contributed by atoms with Crippen LogP contribution in [-0.4, -0.2) is 17.2 Å². The summed E-state index contributed by atoms with van der Waals surface area (Å²) in [6.07, 6.45) is 0. The van der Waals surface area contributed by atoms with E-state index < -0.39 is 7.12 Å². The molecule has 0 saturated heterocycles. The first-order valence-corrected chi connectivity index (χ1v) is 6.14. The third-order valence-corrected chi connectivity index (χ3v) is 4.54. The highest BCUT2D eigenvalue weighted by atomic mass is 127. The largest absolute Gasteiger partial charge is 0.489 e. The molecule has 0 fully saturated rings. The average molecular weight is 345 g/mol. The van der Waals surface area contributed by atoms with Crippen molar-refractivity contribution in [2.75, 3.05) is 0 Å². The van der Waals surface area contributed by atoms with E-state index in [0.29, 0.717) is 5.46 Å². The summed E-state index contributed by atoms with van der Waals surface area (Å²) in [7, 11) is -1.51. The molecule has 0 spiro atoms. The number of benzene rings is 1. The standard InChI is InChI=1S/C10H13BIN3O2/c1-5-8(4-14-15-13)6(2)10(12)7(3)9(5)11(16)17/h16-17H,4H2,1-3H3. The van der Waals surface area contributed by atoms with Gasteiger partial charge < -0.3 is 10.0 Å². The number of halogens is 1. The SMILES string of the molecule is Cc1c(I)c(C)c(B(O)O)c(C)c1CN=[N+]=[N-]. The summed E-state index contributed by atoms with van der Waals surface area (Å²) < 4.78 is 0.972. The molecule has 17 heavy (non-hydrogen) atoms. The van der Waals surface area contributed by atoms with Crippen LogP contribution in [0.4, 0.5) is 0 Å². The van der Waals surface area contributed by atoms with Gasteiger partial charge in [-0.15, -0.1) is 0 Å². The van der Waals surface area contributed by atoms with Crippen molar-refractivity contribution in [1.82, 2.24) is 0 Å². The summed E-state index contributed by atoms with van der Waals surface area (Å²) in [6, 6.07) is 0. The molecule has 1 aromatic rings. The second-order valence-corrected chi connectivity index (χ2v) is 4.92. The lowest BCUT2D eigenvalue weighted by Gasteiger charge is -2.18. The topological polar surface area (TPSA) is 89.2 Å². The smallest absolute Gasteiger partial charge is 0.423 e. The minimum absolute atomic E-state index is 0.226. The van der Waals surface area contributed by atoms with Gasteiger partial charge in [0.2, 0.25) is 0 Å². The first kappa shape index (κ1) is 14.3. The van der Waals surface area contributed by atoms with Crippen molar-refractivity contribution in [2.45, 2.75) is 27.3 Å². The lowest BCUT2D eigenvalue weighted by molar-refractivity contribution is 0.425. The summed E-state index contributed by atoms with van der Waals surface area (Å²) in [5.41, 5.74) is 12.4. The zero-order chi connectivity index (χ0) is 13.2. The lowest BCUT2D eigenvalue weighted by Crippen LogP contribution is -2.36. The van der Waals surface area contributed by atoms with Crippen LogP contribution in [0.1, 0.15) is 22.3 Å². The Morgan fingerprint density at radius 3 is 2.29 bits per heavy atom. The molecule has 0 aliphatic heterocycles. The second-order valence-electron chi connectivity index (χ2n) is 3.84. The molecule has 1 aromatic carbocycles. The Bertz CT molecular complexity index is 499. The van der Waals surface area contributed by atoms with Crippen LogP contribution in [-0.2, 0) is 6.54 Å². The number of hydrogen-bond acceptors (Lipinski definition) is 3. The van der Waals surface area contributed by atoms with Crippen LogP contribution < -0.4 is 5.46 Å². The molecule has 90 valence electrons. The number of azide groups is 1. The Balaban J connectivity index is 3.55. The van der Waals surface area contributed by atoms with Gasteiger partial charge in [0.25, 0.3) is 0 Å². The molecular weight excluding hydrogens is 332 g/mol. The fourth-order valence-corrected chi connectivity index (χ4v) is 2.60. The highest BCUT2D eigenvalue weighted by Crippen LogP contribution is 2.23. The molecule has 0 bridgehead atoms. The zero-order valence-corrected chi connectivity index (χ0v) is 12.1. The maximum absolute atomic E-state index is 9.40. The Labute approximate surface area is 114 Å². The minimum Gasteiger partial charge on any atom is -0.423 e. The molecule has 0 saturated carbocycles. The van der Waals surface area contributed by atoms with Gasteiger partial charge in [0.15, 0.2) is 0 Å². The molecule has 2 N–H and O–H groups in total. The van der Waals surface area contributed by atoms with E-state index in [1.54, 1.807) is 0 Å². The van der Waals surface area contributed by atoms with Crippen molar-refractivity contribution in [3.05, 3.63) is 36.3 Å². The molecule has 0 aromatic heterocycles. The summed E-state index contributed by atoms with van der Waals surface area (Å²) in [6.45, 7) is 5.84. The van der Waals surface area contributed by atoms with Crippen LogP contribution in [0, 0.1) is 24.3 Å². The summed E-state index contributed by atoms with van der Waals surface area (Å²) in [5, 5.41) is 22.3. The third kappa shape index (κ3) is 2.74. The van der Waals surface area contributed by atoms with Crippen LogP contribution >= 0.6 is 22.6 Å². The van der Waals surface area contributed by atoms with Gasteiger partial charge in [-0.2, -0.15) is 0 Å². The maximum Gasteiger partial charge on any atom is 0.489 e. The van der Waals surface area contributed by atoms with E-state index in [-0.39, 0.29) is 6.54 Å². The summed E-state index contributed by atoms with van der Waals surface area (Å²) in [4.78, 5) is 2.74. The molecule has 7 heteroatoms. The first-order valence-electron chi connectivity index (χ1n) is 5.06. The van der Waals surface area contributed by atoms with Crippen LogP contribution in [0.25, 0.3) is 10.4 Å². The Morgan fingerprint density at radius 2 is 1.82 bits per heavy atom. The van der Waals surface area contributed by atoms with Crippen LogP contribution in [0.15, 0.2) is 5.11 Å². The Morgan fingerprint density at radius 1 is 1.24 bits per heavy atom. The van der Waals surface area contributed by atoms with Gasteiger partial charge in [-0.3, -0.25) is 0 Å². The van der Waals surface area contributed by atoms with E-state index >= 15 is 0 Å². The molecule has 1 rings (SSSR count). The van der Waals surface area contributed by atoms with Gasteiger partial charge in [-0.1, -0.05) is 5.11 Å². The highest BCUT2D eigenvalue weighted by Gasteiger charge is 2.22. The molecular formula is C10H13BIN3O2. The van der Waals surface area contributed by atoms with Gasteiger partial charge in [0.05, 0.1) is 6.54 Å². The van der Waals surface area contributed by atoms with E-state index in [4.69, 9.17) is 5.53 Å². The second kappa shape index (κ2) is 5.73. The van der Waals surface area contributed by atoms with E-state index in [0.717, 1.165) is 25.8 Å². The molecule has 0 heterocycles. The van der Waals surface area contributed by atoms with Crippen LogP contribution in [0.5, 0.6) is 0 Å². The average Bonchev–Trinajstić information content (AvgIpc) is 2.26. The normalized spacial score (nSPS) is 10.0. The molecule has 0 atom stereocenters. The van der Waals surface area contributed by atoms with Crippen LogP contribution in [0.3, 0.4) is 0 Å². The van der Waals surface area contributed by atoms with Gasteiger partial charge in [-0.25, -0.2) is 0 Å². The van der Waals surface area contributed by atoms with Crippen LogP contribution in [0.2, 0.25) is 0 Å². The van der Waals surface area contributed by atoms with E-state index in [1.165, 1.54) is 0 Å². The van der Waals surface area contributed by atoms with Crippen molar-refractivity contribution in [3.8, 4) is 0 Å². The van der Waals surface area contributed by atoms with Gasteiger partial charge >= 0.3 is 7.12 Å². The number of hydrogen-bond donors (Lipinski definition) is 2. The fourth-order valence-electron chi connectivity index (χ4n) is 1.98. The highest BCUT2D eigenvalue weighted by molar-refractivity contribution is 14.1. The molecule has 0 aliphatic rings. The van der Waals surface area contributed by atoms with E-state index in [2.05, 4.69) is 32.6 Å². The quantitative estimate of drug-likeness (QED) is 0.287.